The minimum atomic E-state index is 0. The van der Waals surface area contributed by atoms with E-state index in [0.29, 0.717) is 12.3 Å². The largest absolute Gasteiger partial charge is 0.359 e. The highest BCUT2D eigenvalue weighted by Crippen LogP contribution is 2.27. The van der Waals surface area contributed by atoms with Gasteiger partial charge in [0.25, 0.3) is 0 Å². The number of nitrogens with one attached hydrogen (secondary N) is 2. The Morgan fingerprint density at radius 1 is 1.08 bits per heavy atom. The first kappa shape index (κ1) is 21.5. The molecule has 0 radical (unpaired) electrons. The summed E-state index contributed by atoms with van der Waals surface area (Å²) >= 11 is 0. The third-order valence-corrected chi connectivity index (χ3v) is 5.56. The van der Waals surface area contributed by atoms with Gasteiger partial charge in [-0.25, -0.2) is 0 Å². The predicted octanol–water partition coefficient (Wildman–Crippen LogP) is 2.85. The van der Waals surface area contributed by atoms with Crippen LogP contribution in [0.5, 0.6) is 0 Å². The molecule has 0 aromatic heterocycles. The molecular formula is C18H35IN4O. The summed E-state index contributed by atoms with van der Waals surface area (Å²) in [5, 5.41) is 6.32. The van der Waals surface area contributed by atoms with Gasteiger partial charge in [0.2, 0.25) is 5.91 Å². The maximum atomic E-state index is 11.5. The quantitative estimate of drug-likeness (QED) is 0.394. The average Bonchev–Trinajstić information content (AvgIpc) is 2.58. The van der Waals surface area contributed by atoms with Crippen LogP contribution >= 0.6 is 24.0 Å². The Balaban J connectivity index is 0.00000288. The van der Waals surface area contributed by atoms with Gasteiger partial charge in [0, 0.05) is 40.2 Å². The minimum Gasteiger partial charge on any atom is -0.359 e. The monoisotopic (exact) mass is 450 g/mol. The first-order valence-corrected chi connectivity index (χ1v) is 9.28. The number of likely N-dealkylation sites (tertiary alicyclic amines) is 1. The second-order valence-corrected chi connectivity index (χ2v) is 7.36. The van der Waals surface area contributed by atoms with Gasteiger partial charge < -0.3 is 15.5 Å². The standard InChI is InChI=1S/C18H34N4O.HI/c1-14-4-6-16(7-5-14)13-21-18(20-3)22-10-8-15(9-11-22)12-17(23)19-2;/h14-16H,4-13H2,1-3H3,(H,19,23)(H,20,21);1H. The van der Waals surface area contributed by atoms with Gasteiger partial charge in [-0.1, -0.05) is 19.8 Å². The summed E-state index contributed by atoms with van der Waals surface area (Å²) in [6, 6.07) is 0. The molecule has 1 aliphatic heterocycles. The lowest BCUT2D eigenvalue weighted by atomic mass is 9.83. The summed E-state index contributed by atoms with van der Waals surface area (Å²) in [5.74, 6) is 3.43. The number of hydrogen-bond acceptors (Lipinski definition) is 2. The third-order valence-electron chi connectivity index (χ3n) is 5.56. The van der Waals surface area contributed by atoms with Gasteiger partial charge in [-0.15, -0.1) is 24.0 Å². The van der Waals surface area contributed by atoms with Crippen LogP contribution in [0.1, 0.15) is 51.9 Å². The summed E-state index contributed by atoms with van der Waals surface area (Å²) in [7, 11) is 3.59. The molecule has 2 rings (SSSR count). The van der Waals surface area contributed by atoms with Crippen LogP contribution in [0.4, 0.5) is 0 Å². The van der Waals surface area contributed by atoms with Crippen molar-refractivity contribution in [3.8, 4) is 0 Å². The Hall–Kier alpha value is -0.530. The normalized spacial score (nSPS) is 25.8. The lowest BCUT2D eigenvalue weighted by molar-refractivity contribution is -0.121. The number of hydrogen-bond donors (Lipinski definition) is 2. The van der Waals surface area contributed by atoms with Crippen molar-refractivity contribution in [2.24, 2.45) is 22.7 Å². The van der Waals surface area contributed by atoms with Crippen molar-refractivity contribution in [2.45, 2.75) is 51.9 Å². The number of halogens is 1. The molecule has 140 valence electrons. The van der Waals surface area contributed by atoms with E-state index in [9.17, 15) is 4.79 Å². The van der Waals surface area contributed by atoms with Gasteiger partial charge in [0.15, 0.2) is 5.96 Å². The Morgan fingerprint density at radius 3 is 2.25 bits per heavy atom. The number of rotatable bonds is 4. The molecule has 1 amide bonds. The molecule has 0 aromatic carbocycles. The van der Waals surface area contributed by atoms with Crippen LogP contribution in [0.25, 0.3) is 0 Å². The van der Waals surface area contributed by atoms with E-state index < -0.39 is 0 Å². The molecule has 0 bridgehead atoms. The molecule has 1 saturated heterocycles. The Morgan fingerprint density at radius 2 is 1.71 bits per heavy atom. The third kappa shape index (κ3) is 6.76. The SMILES string of the molecule is CN=C(NCC1CCC(C)CC1)N1CCC(CC(=O)NC)CC1.I. The number of carbonyl (C=O) groups is 1. The number of aliphatic imine (C=N–C) groups is 1. The van der Waals surface area contributed by atoms with E-state index in [0.717, 1.165) is 50.3 Å². The molecular weight excluding hydrogens is 415 g/mol. The van der Waals surface area contributed by atoms with E-state index in [-0.39, 0.29) is 29.9 Å². The van der Waals surface area contributed by atoms with Crippen molar-refractivity contribution < 1.29 is 4.79 Å². The van der Waals surface area contributed by atoms with Crippen LogP contribution < -0.4 is 10.6 Å². The average molecular weight is 450 g/mol. The lowest BCUT2D eigenvalue weighted by Gasteiger charge is -2.35. The van der Waals surface area contributed by atoms with Gasteiger partial charge in [-0.2, -0.15) is 0 Å². The van der Waals surface area contributed by atoms with Crippen LogP contribution in [0.15, 0.2) is 4.99 Å². The maximum Gasteiger partial charge on any atom is 0.220 e. The molecule has 5 nitrogen and oxygen atoms in total. The van der Waals surface area contributed by atoms with Gasteiger partial charge in [0.1, 0.15) is 0 Å². The van der Waals surface area contributed by atoms with E-state index >= 15 is 0 Å². The predicted molar refractivity (Wildman–Crippen MR) is 111 cm³/mol. The highest BCUT2D eigenvalue weighted by Gasteiger charge is 2.24. The van der Waals surface area contributed by atoms with Gasteiger partial charge in [0.05, 0.1) is 0 Å². The molecule has 1 aliphatic carbocycles. The van der Waals surface area contributed by atoms with Gasteiger partial charge in [-0.05, 0) is 43.4 Å². The van der Waals surface area contributed by atoms with Crippen LogP contribution in [-0.4, -0.2) is 50.5 Å². The topological polar surface area (TPSA) is 56.7 Å². The maximum absolute atomic E-state index is 11.5. The fourth-order valence-electron chi connectivity index (χ4n) is 3.81. The van der Waals surface area contributed by atoms with Crippen molar-refractivity contribution in [3.63, 3.8) is 0 Å². The van der Waals surface area contributed by atoms with Crippen molar-refractivity contribution in [1.82, 2.24) is 15.5 Å². The zero-order valence-electron chi connectivity index (χ0n) is 15.5. The number of nitrogens with zero attached hydrogens (tertiary/aromatic N) is 2. The lowest BCUT2D eigenvalue weighted by Crippen LogP contribution is -2.47. The fraction of sp³-hybridized carbons (Fsp3) is 0.889. The molecule has 0 unspecified atom stereocenters. The molecule has 0 spiro atoms. The first-order chi connectivity index (χ1) is 11.1. The van der Waals surface area contributed by atoms with Crippen LogP contribution in [-0.2, 0) is 4.79 Å². The Labute approximate surface area is 164 Å². The first-order valence-electron chi connectivity index (χ1n) is 9.28. The van der Waals surface area contributed by atoms with E-state index in [2.05, 4.69) is 27.4 Å². The summed E-state index contributed by atoms with van der Waals surface area (Å²) in [6.45, 7) is 5.43. The van der Waals surface area contributed by atoms with Gasteiger partial charge >= 0.3 is 0 Å². The number of piperidine rings is 1. The number of guanidine groups is 1. The number of carbonyl (C=O) groups excluding carboxylic acids is 1. The van der Waals surface area contributed by atoms with Crippen LogP contribution in [0, 0.1) is 17.8 Å². The molecule has 1 saturated carbocycles. The van der Waals surface area contributed by atoms with Crippen LogP contribution in [0.3, 0.4) is 0 Å². The number of amides is 1. The summed E-state index contributed by atoms with van der Waals surface area (Å²) in [6.07, 6.45) is 8.26. The Kier molecular flexibility index (Phi) is 10.0. The molecule has 2 fully saturated rings. The molecule has 0 atom stereocenters. The van der Waals surface area contributed by atoms with Crippen molar-refractivity contribution in [2.75, 3.05) is 33.7 Å². The van der Waals surface area contributed by atoms with Gasteiger partial charge in [-0.3, -0.25) is 9.79 Å². The minimum absolute atomic E-state index is 0. The fourth-order valence-corrected chi connectivity index (χ4v) is 3.81. The summed E-state index contributed by atoms with van der Waals surface area (Å²) < 4.78 is 0. The highest BCUT2D eigenvalue weighted by atomic mass is 127. The molecule has 2 aliphatic rings. The zero-order valence-corrected chi connectivity index (χ0v) is 17.8. The van der Waals surface area contributed by atoms with E-state index in [1.165, 1.54) is 25.7 Å². The highest BCUT2D eigenvalue weighted by molar-refractivity contribution is 14.0. The second-order valence-electron chi connectivity index (χ2n) is 7.36. The summed E-state index contributed by atoms with van der Waals surface area (Å²) in [5.41, 5.74) is 0. The van der Waals surface area contributed by atoms with E-state index in [1.807, 2.05) is 7.05 Å². The molecule has 6 heteroatoms. The summed E-state index contributed by atoms with van der Waals surface area (Å²) in [4.78, 5) is 18.3. The zero-order chi connectivity index (χ0) is 16.7. The second kappa shape index (κ2) is 11.2. The molecule has 24 heavy (non-hydrogen) atoms. The van der Waals surface area contributed by atoms with Crippen molar-refractivity contribution in [3.05, 3.63) is 0 Å². The van der Waals surface area contributed by atoms with E-state index in [1.54, 1.807) is 7.05 Å². The van der Waals surface area contributed by atoms with Crippen molar-refractivity contribution >= 4 is 35.8 Å². The smallest absolute Gasteiger partial charge is 0.220 e. The molecule has 1 heterocycles. The van der Waals surface area contributed by atoms with Crippen molar-refractivity contribution in [1.29, 1.82) is 0 Å². The molecule has 0 aromatic rings. The van der Waals surface area contributed by atoms with Crippen LogP contribution in [0.2, 0.25) is 0 Å². The molecule has 2 N–H and O–H groups in total. The van der Waals surface area contributed by atoms with E-state index in [4.69, 9.17) is 0 Å². The Bertz CT molecular complexity index is 400.